The van der Waals surface area contributed by atoms with Crippen LogP contribution in [0.25, 0.3) is 0 Å². The SMILES string of the molecule is C/C=C/CN.C=C.C=CC. The number of nitrogens with two attached hydrogens (primary N) is 1. The Hall–Kier alpha value is -0.820. The quantitative estimate of drug-likeness (QED) is 0.558. The predicted octanol–water partition coefficient (Wildman–Crippen LogP) is 2.52. The van der Waals surface area contributed by atoms with Crippen molar-refractivity contribution in [3.05, 3.63) is 38.0 Å². The Morgan fingerprint density at radius 1 is 1.30 bits per heavy atom. The average Bonchev–Trinajstić information content (AvgIpc) is 1.96. The summed E-state index contributed by atoms with van der Waals surface area (Å²) in [6, 6.07) is 0. The second kappa shape index (κ2) is 41.7. The van der Waals surface area contributed by atoms with Crippen molar-refractivity contribution in [2.75, 3.05) is 6.54 Å². The zero-order valence-corrected chi connectivity index (χ0v) is 7.14. The van der Waals surface area contributed by atoms with Gasteiger partial charge in [0.05, 0.1) is 0 Å². The topological polar surface area (TPSA) is 26.0 Å². The maximum Gasteiger partial charge on any atom is 0.0106 e. The van der Waals surface area contributed by atoms with Gasteiger partial charge in [0.2, 0.25) is 0 Å². The molecule has 0 aliphatic rings. The van der Waals surface area contributed by atoms with E-state index in [2.05, 4.69) is 19.7 Å². The Morgan fingerprint density at radius 2 is 1.60 bits per heavy atom. The fourth-order valence-electron chi connectivity index (χ4n) is 0.136. The van der Waals surface area contributed by atoms with E-state index in [0.717, 1.165) is 0 Å². The molecule has 0 rings (SSSR count). The average molecular weight is 141 g/mol. The van der Waals surface area contributed by atoms with Gasteiger partial charge in [-0.15, -0.1) is 19.7 Å². The summed E-state index contributed by atoms with van der Waals surface area (Å²) < 4.78 is 0. The smallest absolute Gasteiger partial charge is 0.0106 e. The molecular formula is C9H19N. The van der Waals surface area contributed by atoms with Crippen molar-refractivity contribution in [2.45, 2.75) is 13.8 Å². The lowest BCUT2D eigenvalue weighted by Gasteiger charge is -1.67. The minimum absolute atomic E-state index is 0.663. The van der Waals surface area contributed by atoms with Crippen LogP contribution in [0.4, 0.5) is 0 Å². The highest BCUT2D eigenvalue weighted by Crippen LogP contribution is 1.57. The van der Waals surface area contributed by atoms with Crippen LogP contribution >= 0.6 is 0 Å². The van der Waals surface area contributed by atoms with E-state index in [4.69, 9.17) is 5.73 Å². The Bertz CT molecular complexity index is 65.1. The van der Waals surface area contributed by atoms with Gasteiger partial charge in [0, 0.05) is 6.54 Å². The maximum atomic E-state index is 5.05. The fraction of sp³-hybridized carbons (Fsp3) is 0.333. The Balaban J connectivity index is -0.0000000847. The lowest BCUT2D eigenvalue weighted by atomic mass is 10.5. The molecule has 0 aromatic heterocycles. The van der Waals surface area contributed by atoms with Gasteiger partial charge in [-0.2, -0.15) is 0 Å². The van der Waals surface area contributed by atoms with E-state index in [1.165, 1.54) is 0 Å². The van der Waals surface area contributed by atoms with E-state index in [0.29, 0.717) is 6.54 Å². The lowest BCUT2D eigenvalue weighted by Crippen LogP contribution is -1.90. The highest BCUT2D eigenvalue weighted by atomic mass is 14.5. The zero-order valence-electron chi connectivity index (χ0n) is 7.14. The van der Waals surface area contributed by atoms with Crippen molar-refractivity contribution in [1.29, 1.82) is 0 Å². The summed E-state index contributed by atoms with van der Waals surface area (Å²) in [7, 11) is 0. The molecule has 1 heteroatoms. The van der Waals surface area contributed by atoms with Crippen molar-refractivity contribution in [3.8, 4) is 0 Å². The van der Waals surface area contributed by atoms with Crippen LogP contribution in [-0.4, -0.2) is 6.54 Å². The number of rotatable bonds is 1. The molecule has 0 radical (unpaired) electrons. The molecule has 1 nitrogen and oxygen atoms in total. The molecule has 60 valence electrons. The molecule has 0 fully saturated rings. The van der Waals surface area contributed by atoms with Crippen LogP contribution in [0, 0.1) is 0 Å². The van der Waals surface area contributed by atoms with Crippen LogP contribution in [0.1, 0.15) is 13.8 Å². The van der Waals surface area contributed by atoms with Crippen LogP contribution < -0.4 is 5.73 Å². The number of hydrogen-bond acceptors (Lipinski definition) is 1. The molecule has 0 atom stereocenters. The van der Waals surface area contributed by atoms with Gasteiger partial charge in [-0.3, -0.25) is 0 Å². The lowest BCUT2D eigenvalue weighted by molar-refractivity contribution is 1.25. The summed E-state index contributed by atoms with van der Waals surface area (Å²) in [4.78, 5) is 0. The fourth-order valence-corrected chi connectivity index (χ4v) is 0.136. The third-order valence-electron chi connectivity index (χ3n) is 0.372. The van der Waals surface area contributed by atoms with E-state index in [1.807, 2.05) is 26.0 Å². The third kappa shape index (κ3) is 197. The molecule has 0 aliphatic heterocycles. The van der Waals surface area contributed by atoms with E-state index < -0.39 is 0 Å². The van der Waals surface area contributed by atoms with Crippen molar-refractivity contribution >= 4 is 0 Å². The number of allylic oxidation sites excluding steroid dienone is 2. The monoisotopic (exact) mass is 141 g/mol. The van der Waals surface area contributed by atoms with Gasteiger partial charge in [-0.1, -0.05) is 18.2 Å². The molecule has 0 aliphatic carbocycles. The first-order valence-electron chi connectivity index (χ1n) is 3.21. The van der Waals surface area contributed by atoms with Crippen LogP contribution in [0.15, 0.2) is 38.0 Å². The Kier molecular flexibility index (Phi) is 67.1. The first-order chi connectivity index (χ1) is 4.83. The van der Waals surface area contributed by atoms with Crippen molar-refractivity contribution in [2.24, 2.45) is 5.73 Å². The van der Waals surface area contributed by atoms with E-state index >= 15 is 0 Å². The molecule has 2 N–H and O–H groups in total. The van der Waals surface area contributed by atoms with Crippen LogP contribution in [0.2, 0.25) is 0 Å². The summed E-state index contributed by atoms with van der Waals surface area (Å²) in [6.07, 6.45) is 5.58. The first kappa shape index (κ1) is 16.1. The molecule has 0 amide bonds. The summed E-state index contributed by atoms with van der Waals surface area (Å²) >= 11 is 0. The van der Waals surface area contributed by atoms with Gasteiger partial charge in [0.15, 0.2) is 0 Å². The normalized spacial score (nSPS) is 6.70. The second-order valence-electron chi connectivity index (χ2n) is 1.21. The summed E-state index contributed by atoms with van der Waals surface area (Å²) in [5.74, 6) is 0. The van der Waals surface area contributed by atoms with Gasteiger partial charge < -0.3 is 5.73 Å². The standard InChI is InChI=1S/C4H9N.C3H6.C2H4/c1-2-3-4-5;1-3-2;1-2/h2-3H,4-5H2,1H3;3H,1H2,2H3;1-2H2/b3-2+;;. The van der Waals surface area contributed by atoms with Gasteiger partial charge in [0.25, 0.3) is 0 Å². The van der Waals surface area contributed by atoms with Crippen LogP contribution in [0.3, 0.4) is 0 Å². The van der Waals surface area contributed by atoms with Crippen molar-refractivity contribution < 1.29 is 0 Å². The maximum absolute atomic E-state index is 5.05. The largest absolute Gasteiger partial charge is 0.327 e. The van der Waals surface area contributed by atoms with E-state index in [-0.39, 0.29) is 0 Å². The zero-order chi connectivity index (χ0) is 8.83. The van der Waals surface area contributed by atoms with Gasteiger partial charge in [0.1, 0.15) is 0 Å². The molecule has 0 bridgehead atoms. The van der Waals surface area contributed by atoms with Crippen molar-refractivity contribution in [3.63, 3.8) is 0 Å². The first-order valence-corrected chi connectivity index (χ1v) is 3.21. The summed E-state index contributed by atoms with van der Waals surface area (Å²) in [6.45, 7) is 13.9. The Labute approximate surface area is 64.9 Å². The summed E-state index contributed by atoms with van der Waals surface area (Å²) in [5.41, 5.74) is 5.05. The molecule has 0 aromatic rings. The molecule has 0 aromatic carbocycles. The third-order valence-corrected chi connectivity index (χ3v) is 0.372. The van der Waals surface area contributed by atoms with Gasteiger partial charge >= 0.3 is 0 Å². The van der Waals surface area contributed by atoms with Crippen molar-refractivity contribution in [1.82, 2.24) is 0 Å². The molecule has 10 heavy (non-hydrogen) atoms. The highest BCUT2D eigenvalue weighted by Gasteiger charge is 1.51. The molecule has 0 spiro atoms. The second-order valence-corrected chi connectivity index (χ2v) is 1.21. The Morgan fingerprint density at radius 3 is 1.60 bits per heavy atom. The molecular weight excluding hydrogens is 122 g/mol. The minimum Gasteiger partial charge on any atom is -0.327 e. The van der Waals surface area contributed by atoms with Gasteiger partial charge in [-0.25, -0.2) is 0 Å². The molecule has 0 saturated carbocycles. The molecule has 0 saturated heterocycles. The highest BCUT2D eigenvalue weighted by molar-refractivity contribution is 4.76. The van der Waals surface area contributed by atoms with E-state index in [1.54, 1.807) is 6.08 Å². The molecule has 0 heterocycles. The summed E-state index contributed by atoms with van der Waals surface area (Å²) in [5, 5.41) is 0. The van der Waals surface area contributed by atoms with E-state index in [9.17, 15) is 0 Å². The minimum atomic E-state index is 0.663. The van der Waals surface area contributed by atoms with Crippen LogP contribution in [0.5, 0.6) is 0 Å². The molecule has 0 unspecified atom stereocenters. The predicted molar refractivity (Wildman–Crippen MR) is 51.0 cm³/mol. The van der Waals surface area contributed by atoms with Crippen LogP contribution in [-0.2, 0) is 0 Å². The number of hydrogen-bond donors (Lipinski definition) is 1. The van der Waals surface area contributed by atoms with Gasteiger partial charge in [-0.05, 0) is 13.8 Å².